The fourth-order valence-corrected chi connectivity index (χ4v) is 2.31. The molecule has 1 unspecified atom stereocenters. The number of guanidine groups is 1. The standard InChI is InChI=1S/C16H24N6O3/c1-5-21(6-2)10-12(3)19-16(18-11-17)20-13-7-8-14(22(23)24)15(9-13)25-4/h7-9,12H,5-6,10H2,1-4H3,(H2,18,19,20). The molecule has 0 saturated carbocycles. The molecule has 1 atom stereocenters. The molecule has 0 heterocycles. The minimum Gasteiger partial charge on any atom is -0.490 e. The van der Waals surface area contributed by atoms with Gasteiger partial charge in [-0.2, -0.15) is 5.26 Å². The third kappa shape index (κ3) is 6.27. The van der Waals surface area contributed by atoms with Crippen LogP contribution in [0.4, 0.5) is 11.4 Å². The highest BCUT2D eigenvalue weighted by Gasteiger charge is 2.15. The molecule has 1 rings (SSSR count). The zero-order chi connectivity index (χ0) is 18.8. The number of methoxy groups -OCH3 is 1. The Morgan fingerprint density at radius 3 is 2.68 bits per heavy atom. The second-order valence-electron chi connectivity index (χ2n) is 5.32. The molecule has 0 amide bonds. The molecule has 136 valence electrons. The highest BCUT2D eigenvalue weighted by Crippen LogP contribution is 2.29. The maximum Gasteiger partial charge on any atom is 0.311 e. The van der Waals surface area contributed by atoms with Gasteiger partial charge in [-0.15, -0.1) is 0 Å². The number of rotatable bonds is 8. The predicted octanol–water partition coefficient (Wildman–Crippen LogP) is 2.17. The van der Waals surface area contributed by atoms with Gasteiger partial charge < -0.3 is 15.0 Å². The van der Waals surface area contributed by atoms with Gasteiger partial charge in [-0.25, -0.2) is 4.99 Å². The lowest BCUT2D eigenvalue weighted by atomic mass is 10.2. The molecule has 25 heavy (non-hydrogen) atoms. The van der Waals surface area contributed by atoms with E-state index in [-0.39, 0.29) is 23.4 Å². The van der Waals surface area contributed by atoms with Gasteiger partial charge in [-0.3, -0.25) is 15.4 Å². The quantitative estimate of drug-likeness (QED) is 0.185. The molecule has 1 aromatic carbocycles. The van der Waals surface area contributed by atoms with Crippen LogP contribution in [0.2, 0.25) is 0 Å². The average Bonchev–Trinajstić information content (AvgIpc) is 2.59. The molecule has 0 aliphatic carbocycles. The number of ether oxygens (including phenoxy) is 1. The normalized spacial score (nSPS) is 12.4. The van der Waals surface area contributed by atoms with Crippen LogP contribution in [0.5, 0.6) is 5.75 Å². The first-order valence-electron chi connectivity index (χ1n) is 7.99. The first-order valence-corrected chi connectivity index (χ1v) is 7.99. The van der Waals surface area contributed by atoms with Gasteiger partial charge in [0.2, 0.25) is 5.96 Å². The molecule has 0 aromatic heterocycles. The van der Waals surface area contributed by atoms with Gasteiger partial charge in [-0.05, 0) is 26.1 Å². The van der Waals surface area contributed by atoms with E-state index in [2.05, 4.69) is 34.4 Å². The largest absolute Gasteiger partial charge is 0.490 e. The van der Waals surface area contributed by atoms with Gasteiger partial charge in [0, 0.05) is 24.4 Å². The molecule has 0 aliphatic heterocycles. The van der Waals surface area contributed by atoms with Crippen molar-refractivity contribution in [1.82, 2.24) is 10.2 Å². The molecule has 9 nitrogen and oxygen atoms in total. The Bertz CT molecular complexity index is 652. The first kappa shape index (κ1) is 20.2. The molecule has 0 saturated heterocycles. The summed E-state index contributed by atoms with van der Waals surface area (Å²) in [4.78, 5) is 17.1. The Morgan fingerprint density at radius 2 is 2.16 bits per heavy atom. The van der Waals surface area contributed by atoms with Crippen LogP contribution in [0.25, 0.3) is 0 Å². The van der Waals surface area contributed by atoms with E-state index < -0.39 is 4.92 Å². The van der Waals surface area contributed by atoms with Crippen LogP contribution in [0.15, 0.2) is 23.2 Å². The monoisotopic (exact) mass is 348 g/mol. The summed E-state index contributed by atoms with van der Waals surface area (Å²) in [6.07, 6.45) is 1.84. The Hall–Kier alpha value is -2.86. The highest BCUT2D eigenvalue weighted by molar-refractivity contribution is 5.95. The van der Waals surface area contributed by atoms with Gasteiger partial charge in [0.05, 0.1) is 18.1 Å². The first-order chi connectivity index (χ1) is 11.9. The Kier molecular flexibility index (Phi) is 8.15. The van der Waals surface area contributed by atoms with Crippen LogP contribution in [0.1, 0.15) is 20.8 Å². The third-order valence-electron chi connectivity index (χ3n) is 3.58. The summed E-state index contributed by atoms with van der Waals surface area (Å²) < 4.78 is 5.04. The Morgan fingerprint density at radius 1 is 1.48 bits per heavy atom. The minimum absolute atomic E-state index is 0.0387. The van der Waals surface area contributed by atoms with E-state index >= 15 is 0 Å². The molecular weight excluding hydrogens is 324 g/mol. The smallest absolute Gasteiger partial charge is 0.311 e. The van der Waals surface area contributed by atoms with Crippen molar-refractivity contribution in [3.63, 3.8) is 0 Å². The van der Waals surface area contributed by atoms with E-state index in [1.165, 1.54) is 25.3 Å². The van der Waals surface area contributed by atoms with Crippen LogP contribution in [0.3, 0.4) is 0 Å². The second kappa shape index (κ2) is 10.1. The fourth-order valence-electron chi connectivity index (χ4n) is 2.31. The molecule has 2 N–H and O–H groups in total. The van der Waals surface area contributed by atoms with Gasteiger partial charge in [-0.1, -0.05) is 13.8 Å². The van der Waals surface area contributed by atoms with Crippen molar-refractivity contribution in [2.24, 2.45) is 4.99 Å². The molecule has 0 bridgehead atoms. The lowest BCUT2D eigenvalue weighted by Gasteiger charge is -2.21. The van der Waals surface area contributed by atoms with Crippen LogP contribution in [0, 0.1) is 21.6 Å². The zero-order valence-electron chi connectivity index (χ0n) is 14.9. The van der Waals surface area contributed by atoms with E-state index in [1.807, 2.05) is 13.1 Å². The fraction of sp³-hybridized carbons (Fsp3) is 0.500. The zero-order valence-corrected chi connectivity index (χ0v) is 14.9. The van der Waals surface area contributed by atoms with Gasteiger partial charge in [0.15, 0.2) is 11.9 Å². The Labute approximate surface area is 147 Å². The topological polar surface area (TPSA) is 116 Å². The van der Waals surface area contributed by atoms with Crippen LogP contribution in [-0.2, 0) is 0 Å². The average molecular weight is 348 g/mol. The van der Waals surface area contributed by atoms with Crippen LogP contribution in [-0.4, -0.2) is 48.6 Å². The number of anilines is 1. The minimum atomic E-state index is -0.517. The van der Waals surface area contributed by atoms with E-state index in [9.17, 15) is 10.1 Å². The molecular formula is C16H24N6O3. The van der Waals surface area contributed by atoms with Crippen molar-refractivity contribution in [3.05, 3.63) is 28.3 Å². The summed E-state index contributed by atoms with van der Waals surface area (Å²) in [5.41, 5.74) is 0.397. The number of nitrogens with zero attached hydrogens (tertiary/aromatic N) is 4. The highest BCUT2D eigenvalue weighted by atomic mass is 16.6. The maximum absolute atomic E-state index is 10.9. The predicted molar refractivity (Wildman–Crippen MR) is 96.7 cm³/mol. The van der Waals surface area contributed by atoms with Crippen molar-refractivity contribution in [2.75, 3.05) is 32.1 Å². The van der Waals surface area contributed by atoms with Crippen molar-refractivity contribution in [3.8, 4) is 11.9 Å². The number of nitrogens with one attached hydrogen (secondary N) is 2. The van der Waals surface area contributed by atoms with E-state index in [0.29, 0.717) is 5.69 Å². The number of benzene rings is 1. The van der Waals surface area contributed by atoms with Crippen molar-refractivity contribution in [2.45, 2.75) is 26.8 Å². The van der Waals surface area contributed by atoms with Gasteiger partial charge >= 0.3 is 5.69 Å². The number of hydrogen-bond acceptors (Lipinski definition) is 6. The lowest BCUT2D eigenvalue weighted by Crippen LogP contribution is -2.33. The number of nitriles is 1. The van der Waals surface area contributed by atoms with Crippen LogP contribution < -0.4 is 15.4 Å². The summed E-state index contributed by atoms with van der Waals surface area (Å²) in [5, 5.41) is 25.3. The number of likely N-dealkylation sites (N-methyl/N-ethyl adjacent to an activating group) is 1. The number of aliphatic imine (C=N–C) groups is 1. The third-order valence-corrected chi connectivity index (χ3v) is 3.58. The molecule has 0 aliphatic rings. The van der Waals surface area contributed by atoms with E-state index in [4.69, 9.17) is 10.00 Å². The number of nitro benzene ring substituents is 1. The number of hydrogen-bond donors (Lipinski definition) is 2. The van der Waals surface area contributed by atoms with Crippen LogP contribution >= 0.6 is 0 Å². The van der Waals surface area contributed by atoms with Crippen molar-refractivity contribution < 1.29 is 9.66 Å². The SMILES string of the molecule is CCN(CC)CC(C)N=C(NC#N)Nc1ccc([N+](=O)[O-])c(OC)c1. The summed E-state index contributed by atoms with van der Waals surface area (Å²) in [7, 11) is 1.36. The molecule has 9 heteroatoms. The molecule has 0 fully saturated rings. The molecule has 0 radical (unpaired) electrons. The Balaban J connectivity index is 2.96. The summed E-state index contributed by atoms with van der Waals surface area (Å²) in [6.45, 7) is 8.71. The number of nitro groups is 1. The molecule has 0 spiro atoms. The summed E-state index contributed by atoms with van der Waals surface area (Å²) in [6, 6.07) is 4.32. The van der Waals surface area contributed by atoms with Crippen molar-refractivity contribution >= 4 is 17.3 Å². The summed E-state index contributed by atoms with van der Waals surface area (Å²) in [5.74, 6) is 0.403. The van der Waals surface area contributed by atoms with Crippen molar-refractivity contribution in [1.29, 1.82) is 5.26 Å². The second-order valence-corrected chi connectivity index (χ2v) is 5.32. The van der Waals surface area contributed by atoms with E-state index in [1.54, 1.807) is 0 Å². The summed E-state index contributed by atoms with van der Waals surface area (Å²) >= 11 is 0. The molecule has 1 aromatic rings. The van der Waals surface area contributed by atoms with E-state index in [0.717, 1.165) is 19.6 Å². The van der Waals surface area contributed by atoms with Gasteiger partial charge in [0.1, 0.15) is 0 Å². The van der Waals surface area contributed by atoms with Gasteiger partial charge in [0.25, 0.3) is 0 Å². The lowest BCUT2D eigenvalue weighted by molar-refractivity contribution is -0.385. The maximum atomic E-state index is 10.9.